The Balaban J connectivity index is 1.82. The van der Waals surface area contributed by atoms with Crippen LogP contribution in [0, 0.1) is 0 Å². The standard InChI is InChI=1S/C30H44N4O4/c1-9-33-10-12-34(13-11-33)19-20-14-22(26(35)25(15-20)38-8)18-31-32-28(37)21-16-23(29(2,3)4)27(36)24(17-21)30(5,6)7/h14-18,35-36H,9-13,19H2,1-8H3,(H,32,37). The minimum atomic E-state index is -0.395. The van der Waals surface area contributed by atoms with Gasteiger partial charge in [0, 0.05) is 55.0 Å². The summed E-state index contributed by atoms with van der Waals surface area (Å²) >= 11 is 0. The smallest absolute Gasteiger partial charge is 0.271 e. The molecule has 0 bridgehead atoms. The predicted octanol–water partition coefficient (Wildman–Crippen LogP) is 4.60. The van der Waals surface area contributed by atoms with Crippen LogP contribution in [0.4, 0.5) is 0 Å². The highest BCUT2D eigenvalue weighted by molar-refractivity contribution is 5.96. The molecule has 208 valence electrons. The Hall–Kier alpha value is -3.10. The van der Waals surface area contributed by atoms with Gasteiger partial charge in [0.15, 0.2) is 11.5 Å². The van der Waals surface area contributed by atoms with Crippen molar-refractivity contribution in [3.8, 4) is 17.2 Å². The van der Waals surface area contributed by atoms with Gasteiger partial charge in [-0.1, -0.05) is 48.5 Å². The van der Waals surface area contributed by atoms with E-state index in [1.54, 1.807) is 12.1 Å². The number of hydrazone groups is 1. The number of phenols is 2. The van der Waals surface area contributed by atoms with Crippen LogP contribution >= 0.6 is 0 Å². The summed E-state index contributed by atoms with van der Waals surface area (Å²) in [6.07, 6.45) is 1.43. The molecule has 8 heteroatoms. The van der Waals surface area contributed by atoms with Gasteiger partial charge in [-0.2, -0.15) is 5.10 Å². The van der Waals surface area contributed by atoms with Gasteiger partial charge in [-0.25, -0.2) is 5.43 Å². The SMILES string of the molecule is CCN1CCN(Cc2cc(C=NNC(=O)c3cc(C(C)(C)C)c(O)c(C(C)(C)C)c3)c(O)c(OC)c2)CC1. The zero-order chi connectivity index (χ0) is 28.3. The molecule has 0 atom stereocenters. The monoisotopic (exact) mass is 524 g/mol. The van der Waals surface area contributed by atoms with Gasteiger partial charge in [0.2, 0.25) is 0 Å². The Bertz CT molecular complexity index is 1130. The molecule has 1 saturated heterocycles. The molecule has 0 unspecified atom stereocenters. The van der Waals surface area contributed by atoms with Gasteiger partial charge in [-0.3, -0.25) is 9.69 Å². The molecule has 2 aromatic carbocycles. The molecule has 1 fully saturated rings. The number of nitrogens with one attached hydrogen (secondary N) is 1. The molecule has 0 radical (unpaired) electrons. The number of carbonyl (C=O) groups excluding carboxylic acids is 1. The fourth-order valence-electron chi connectivity index (χ4n) is 4.69. The van der Waals surface area contributed by atoms with Crippen LogP contribution in [0.1, 0.15) is 81.1 Å². The first-order chi connectivity index (χ1) is 17.7. The van der Waals surface area contributed by atoms with Gasteiger partial charge in [0.1, 0.15) is 5.75 Å². The van der Waals surface area contributed by atoms with E-state index in [1.165, 1.54) is 13.3 Å². The Labute approximate surface area is 227 Å². The summed E-state index contributed by atoms with van der Waals surface area (Å²) in [4.78, 5) is 17.9. The van der Waals surface area contributed by atoms with Crippen LogP contribution < -0.4 is 10.2 Å². The Morgan fingerprint density at radius 3 is 2.00 bits per heavy atom. The molecule has 0 aliphatic carbocycles. The molecule has 1 heterocycles. The topological polar surface area (TPSA) is 97.6 Å². The van der Waals surface area contributed by atoms with E-state index in [0.29, 0.717) is 28.0 Å². The Morgan fingerprint density at radius 2 is 1.50 bits per heavy atom. The molecule has 0 aromatic heterocycles. The van der Waals surface area contributed by atoms with Crippen LogP contribution in [0.25, 0.3) is 0 Å². The molecule has 1 aliphatic rings. The summed E-state index contributed by atoms with van der Waals surface area (Å²) in [6.45, 7) is 20.0. The maximum absolute atomic E-state index is 13.1. The Kier molecular flexibility index (Phi) is 9.10. The molecule has 3 N–H and O–H groups in total. The molecule has 1 amide bonds. The third-order valence-electron chi connectivity index (χ3n) is 7.06. The van der Waals surface area contributed by atoms with E-state index in [0.717, 1.165) is 44.8 Å². The van der Waals surface area contributed by atoms with E-state index >= 15 is 0 Å². The zero-order valence-corrected chi connectivity index (χ0v) is 24.2. The lowest BCUT2D eigenvalue weighted by Crippen LogP contribution is -2.45. The molecule has 1 aliphatic heterocycles. The normalized spacial score (nSPS) is 15.7. The molecule has 0 saturated carbocycles. The van der Waals surface area contributed by atoms with E-state index in [-0.39, 0.29) is 22.3 Å². The molecular formula is C30H44N4O4. The van der Waals surface area contributed by atoms with E-state index in [9.17, 15) is 15.0 Å². The highest BCUT2D eigenvalue weighted by atomic mass is 16.5. The van der Waals surface area contributed by atoms with Gasteiger partial charge in [0.25, 0.3) is 5.91 Å². The number of methoxy groups -OCH3 is 1. The lowest BCUT2D eigenvalue weighted by Gasteiger charge is -2.34. The first kappa shape index (κ1) is 29.5. The maximum atomic E-state index is 13.1. The average molecular weight is 525 g/mol. The maximum Gasteiger partial charge on any atom is 0.271 e. The quantitative estimate of drug-likeness (QED) is 0.362. The number of rotatable bonds is 7. The predicted molar refractivity (Wildman–Crippen MR) is 153 cm³/mol. The second-order valence-corrected chi connectivity index (χ2v) is 12.1. The number of piperazine rings is 1. The first-order valence-corrected chi connectivity index (χ1v) is 13.3. The van der Waals surface area contributed by atoms with Crippen LogP contribution in [0.3, 0.4) is 0 Å². The molecule has 2 aromatic rings. The minimum absolute atomic E-state index is 0.0280. The van der Waals surface area contributed by atoms with E-state index in [4.69, 9.17) is 4.74 Å². The number of benzene rings is 2. The van der Waals surface area contributed by atoms with E-state index < -0.39 is 5.91 Å². The van der Waals surface area contributed by atoms with Crippen molar-refractivity contribution in [1.82, 2.24) is 15.2 Å². The fraction of sp³-hybridized carbons (Fsp3) is 0.533. The largest absolute Gasteiger partial charge is 0.507 e. The molecule has 0 spiro atoms. The second kappa shape index (κ2) is 11.7. The first-order valence-electron chi connectivity index (χ1n) is 13.3. The van der Waals surface area contributed by atoms with Gasteiger partial charge < -0.3 is 19.8 Å². The van der Waals surface area contributed by atoms with Gasteiger partial charge >= 0.3 is 0 Å². The van der Waals surface area contributed by atoms with Crippen LogP contribution in [0.15, 0.2) is 29.4 Å². The summed E-state index contributed by atoms with van der Waals surface area (Å²) in [7, 11) is 1.52. The van der Waals surface area contributed by atoms with Gasteiger partial charge in [-0.05, 0) is 47.2 Å². The molecular weight excluding hydrogens is 480 g/mol. The minimum Gasteiger partial charge on any atom is -0.507 e. The van der Waals surface area contributed by atoms with Crippen molar-refractivity contribution in [2.75, 3.05) is 39.8 Å². The second-order valence-electron chi connectivity index (χ2n) is 12.1. The molecule has 8 nitrogen and oxygen atoms in total. The average Bonchev–Trinajstić information content (AvgIpc) is 2.84. The van der Waals surface area contributed by atoms with Crippen molar-refractivity contribution >= 4 is 12.1 Å². The van der Waals surface area contributed by atoms with Crippen molar-refractivity contribution in [2.24, 2.45) is 5.10 Å². The number of carbonyl (C=O) groups is 1. The third kappa shape index (κ3) is 7.05. The van der Waals surface area contributed by atoms with Crippen LogP contribution in [0.2, 0.25) is 0 Å². The van der Waals surface area contributed by atoms with Crippen molar-refractivity contribution in [3.05, 3.63) is 52.1 Å². The van der Waals surface area contributed by atoms with Crippen molar-refractivity contribution < 1.29 is 19.7 Å². The number of phenolic OH excluding ortho intramolecular Hbond substituents is 2. The van der Waals surface area contributed by atoms with Crippen molar-refractivity contribution in [3.63, 3.8) is 0 Å². The molecule has 3 rings (SSSR count). The number of hydrogen-bond acceptors (Lipinski definition) is 7. The molecule has 38 heavy (non-hydrogen) atoms. The van der Waals surface area contributed by atoms with Crippen LogP contribution in [-0.4, -0.2) is 72.0 Å². The van der Waals surface area contributed by atoms with Crippen molar-refractivity contribution in [1.29, 1.82) is 0 Å². The summed E-state index contributed by atoms with van der Waals surface area (Å²) in [5.41, 5.74) is 5.16. The lowest BCUT2D eigenvalue weighted by molar-refractivity contribution is 0.0955. The van der Waals surface area contributed by atoms with E-state index in [2.05, 4.69) is 27.3 Å². The zero-order valence-electron chi connectivity index (χ0n) is 24.2. The summed E-state index contributed by atoms with van der Waals surface area (Å²) in [6, 6.07) is 7.15. The summed E-state index contributed by atoms with van der Waals surface area (Å²) in [5.74, 6) is 0.161. The fourth-order valence-corrected chi connectivity index (χ4v) is 4.69. The van der Waals surface area contributed by atoms with E-state index in [1.807, 2.05) is 53.7 Å². The number of amides is 1. The van der Waals surface area contributed by atoms with Crippen LogP contribution in [0.5, 0.6) is 17.2 Å². The van der Waals surface area contributed by atoms with Gasteiger partial charge in [0.05, 0.1) is 13.3 Å². The number of likely N-dealkylation sites (N-methyl/N-ethyl adjacent to an activating group) is 1. The number of nitrogens with zero attached hydrogens (tertiary/aromatic N) is 3. The van der Waals surface area contributed by atoms with Crippen molar-refractivity contribution in [2.45, 2.75) is 65.8 Å². The van der Waals surface area contributed by atoms with Crippen LogP contribution in [-0.2, 0) is 17.4 Å². The number of aromatic hydroxyl groups is 2. The summed E-state index contributed by atoms with van der Waals surface area (Å²) in [5, 5.41) is 25.8. The highest BCUT2D eigenvalue weighted by Crippen LogP contribution is 2.39. The highest BCUT2D eigenvalue weighted by Gasteiger charge is 2.28. The number of hydrogen-bond donors (Lipinski definition) is 3. The van der Waals surface area contributed by atoms with Gasteiger partial charge in [-0.15, -0.1) is 0 Å². The Morgan fingerprint density at radius 1 is 0.947 bits per heavy atom. The number of ether oxygens (including phenoxy) is 1. The third-order valence-corrected chi connectivity index (χ3v) is 7.06. The summed E-state index contributed by atoms with van der Waals surface area (Å²) < 4.78 is 5.40. The lowest BCUT2D eigenvalue weighted by atomic mass is 9.78.